The van der Waals surface area contributed by atoms with Gasteiger partial charge in [-0.1, -0.05) is 11.6 Å². The second kappa shape index (κ2) is 5.04. The van der Waals surface area contributed by atoms with Crippen molar-refractivity contribution in [1.82, 2.24) is 14.1 Å². The van der Waals surface area contributed by atoms with Gasteiger partial charge in [-0.15, -0.1) is 0 Å². The Morgan fingerprint density at radius 2 is 2.29 bits per heavy atom. The Morgan fingerprint density at radius 3 is 2.71 bits per heavy atom. The van der Waals surface area contributed by atoms with Crippen molar-refractivity contribution >= 4 is 21.6 Å². The van der Waals surface area contributed by atoms with E-state index < -0.39 is 16.1 Å². The molecule has 0 bridgehead atoms. The third kappa shape index (κ3) is 2.60. The van der Waals surface area contributed by atoms with E-state index in [1.54, 1.807) is 6.92 Å². The molecule has 6 nitrogen and oxygen atoms in total. The first kappa shape index (κ1) is 14.0. The molecule has 0 amide bonds. The second-order valence-electron chi connectivity index (χ2n) is 3.65. The highest BCUT2D eigenvalue weighted by Gasteiger charge is 2.30. The molecule has 0 fully saturated rings. The molecule has 1 atom stereocenters. The van der Waals surface area contributed by atoms with Gasteiger partial charge >= 0.3 is 0 Å². The zero-order chi connectivity index (χ0) is 13.2. The summed E-state index contributed by atoms with van der Waals surface area (Å²) in [7, 11) is -0.809. The van der Waals surface area contributed by atoms with E-state index in [2.05, 4.69) is 5.10 Å². The van der Waals surface area contributed by atoms with Gasteiger partial charge in [0.25, 0.3) is 10.0 Å². The lowest BCUT2D eigenvalue weighted by Gasteiger charge is -2.22. The number of rotatable bonds is 4. The Labute approximate surface area is 105 Å². The van der Waals surface area contributed by atoms with Crippen LogP contribution >= 0.6 is 11.6 Å². The lowest BCUT2D eigenvalue weighted by molar-refractivity contribution is 0.388. The summed E-state index contributed by atoms with van der Waals surface area (Å²) in [5.41, 5.74) is 0. The zero-order valence-electron chi connectivity index (χ0n) is 9.75. The van der Waals surface area contributed by atoms with Crippen LogP contribution in [0.3, 0.4) is 0 Å². The molecular weight excluding hydrogens is 264 g/mol. The van der Waals surface area contributed by atoms with Gasteiger partial charge in [0.2, 0.25) is 0 Å². The highest BCUT2D eigenvalue weighted by atomic mass is 35.5. The van der Waals surface area contributed by atoms with Crippen molar-refractivity contribution in [2.45, 2.75) is 24.4 Å². The van der Waals surface area contributed by atoms with E-state index in [1.807, 2.05) is 6.07 Å². The fraction of sp³-hybridized carbons (Fsp3) is 0.556. The van der Waals surface area contributed by atoms with E-state index in [-0.39, 0.29) is 16.5 Å². The van der Waals surface area contributed by atoms with Crippen LogP contribution in [0.25, 0.3) is 0 Å². The Balaban J connectivity index is 3.17. The van der Waals surface area contributed by atoms with Crippen LogP contribution in [-0.4, -0.2) is 35.6 Å². The first-order chi connectivity index (χ1) is 7.82. The van der Waals surface area contributed by atoms with E-state index in [0.29, 0.717) is 0 Å². The van der Waals surface area contributed by atoms with Crippen LogP contribution in [0.15, 0.2) is 11.2 Å². The van der Waals surface area contributed by atoms with Crippen molar-refractivity contribution in [2.24, 2.45) is 7.05 Å². The minimum atomic E-state index is -3.73. The predicted molar refractivity (Wildman–Crippen MR) is 62.9 cm³/mol. The summed E-state index contributed by atoms with van der Waals surface area (Å²) >= 11 is 5.80. The summed E-state index contributed by atoms with van der Waals surface area (Å²) < 4.78 is 26.8. The summed E-state index contributed by atoms with van der Waals surface area (Å²) in [6, 6.07) is 1.51. The fourth-order valence-electron chi connectivity index (χ4n) is 1.32. The summed E-state index contributed by atoms with van der Waals surface area (Å²) in [5, 5.41) is 12.4. The van der Waals surface area contributed by atoms with Crippen LogP contribution in [0.5, 0.6) is 0 Å². The molecule has 0 saturated carbocycles. The molecule has 0 aliphatic heterocycles. The van der Waals surface area contributed by atoms with Gasteiger partial charge in [0.1, 0.15) is 0 Å². The molecule has 0 aliphatic carbocycles. The highest BCUT2D eigenvalue weighted by molar-refractivity contribution is 7.89. The number of sulfonamides is 1. The molecule has 0 aliphatic rings. The molecule has 1 rings (SSSR count). The topological polar surface area (TPSA) is 79.0 Å². The molecule has 0 saturated heterocycles. The van der Waals surface area contributed by atoms with Gasteiger partial charge in [-0.3, -0.25) is 4.68 Å². The lowest BCUT2D eigenvalue weighted by atomic mass is 10.3. The number of halogens is 1. The number of hydrogen-bond acceptors (Lipinski definition) is 4. The average molecular weight is 277 g/mol. The number of nitriles is 1. The van der Waals surface area contributed by atoms with Gasteiger partial charge in [0, 0.05) is 20.1 Å². The van der Waals surface area contributed by atoms with Crippen molar-refractivity contribution in [2.75, 3.05) is 7.05 Å². The molecule has 0 radical (unpaired) electrons. The van der Waals surface area contributed by atoms with E-state index in [0.717, 1.165) is 4.31 Å². The third-order valence-corrected chi connectivity index (χ3v) is 4.95. The summed E-state index contributed by atoms with van der Waals surface area (Å²) in [5.74, 6) is 0. The molecule has 0 aromatic carbocycles. The standard InChI is InChI=1S/C9H13ClN4O2S/c1-7(4-5-11)14(3)17(15,16)9-8(10)6-12-13(9)2/h6-7H,4H2,1-3H3. The maximum Gasteiger partial charge on any atom is 0.261 e. The minimum absolute atomic E-state index is 0.0635. The number of nitrogens with zero attached hydrogens (tertiary/aromatic N) is 4. The number of hydrogen-bond donors (Lipinski definition) is 0. The number of aromatic nitrogens is 2. The maximum atomic E-state index is 12.2. The van der Waals surface area contributed by atoms with Crippen LogP contribution in [0.4, 0.5) is 0 Å². The average Bonchev–Trinajstić information content (AvgIpc) is 2.58. The van der Waals surface area contributed by atoms with Crippen LogP contribution < -0.4 is 0 Å². The van der Waals surface area contributed by atoms with E-state index in [4.69, 9.17) is 16.9 Å². The monoisotopic (exact) mass is 276 g/mol. The minimum Gasteiger partial charge on any atom is -0.255 e. The zero-order valence-corrected chi connectivity index (χ0v) is 11.3. The SMILES string of the molecule is CC(CC#N)N(C)S(=O)(=O)c1c(Cl)cnn1C. The van der Waals surface area contributed by atoms with Gasteiger partial charge in [0.15, 0.2) is 5.03 Å². The van der Waals surface area contributed by atoms with Crippen LogP contribution in [-0.2, 0) is 17.1 Å². The summed E-state index contributed by atoms with van der Waals surface area (Å²) in [4.78, 5) is 0. The van der Waals surface area contributed by atoms with Crippen molar-refractivity contribution in [1.29, 1.82) is 5.26 Å². The second-order valence-corrected chi connectivity index (χ2v) is 5.97. The maximum absolute atomic E-state index is 12.2. The third-order valence-electron chi connectivity index (χ3n) is 2.47. The first-order valence-corrected chi connectivity index (χ1v) is 6.66. The van der Waals surface area contributed by atoms with E-state index in [9.17, 15) is 8.42 Å². The van der Waals surface area contributed by atoms with Gasteiger partial charge < -0.3 is 0 Å². The van der Waals surface area contributed by atoms with E-state index >= 15 is 0 Å². The molecule has 94 valence electrons. The first-order valence-electron chi connectivity index (χ1n) is 4.84. The quantitative estimate of drug-likeness (QED) is 0.822. The van der Waals surface area contributed by atoms with Crippen LogP contribution in [0, 0.1) is 11.3 Å². The molecule has 1 aromatic rings. The smallest absolute Gasteiger partial charge is 0.255 e. The normalized spacial score (nSPS) is 13.6. The van der Waals surface area contributed by atoms with Crippen LogP contribution in [0.2, 0.25) is 5.02 Å². The molecule has 1 unspecified atom stereocenters. The highest BCUT2D eigenvalue weighted by Crippen LogP contribution is 2.24. The summed E-state index contributed by atoms with van der Waals surface area (Å²) in [6.45, 7) is 1.66. The van der Waals surface area contributed by atoms with Gasteiger partial charge in [-0.05, 0) is 6.92 Å². The Bertz CT molecular complexity index is 526. The van der Waals surface area contributed by atoms with Gasteiger partial charge in [-0.2, -0.15) is 14.7 Å². The molecule has 1 aromatic heterocycles. The van der Waals surface area contributed by atoms with Crippen molar-refractivity contribution in [3.63, 3.8) is 0 Å². The van der Waals surface area contributed by atoms with Gasteiger partial charge in [0.05, 0.1) is 23.7 Å². The largest absolute Gasteiger partial charge is 0.261 e. The predicted octanol–water partition coefficient (Wildman–Crippen LogP) is 0.996. The molecule has 0 spiro atoms. The van der Waals surface area contributed by atoms with E-state index in [1.165, 1.54) is 25.0 Å². The van der Waals surface area contributed by atoms with Crippen LogP contribution in [0.1, 0.15) is 13.3 Å². The molecule has 17 heavy (non-hydrogen) atoms. The lowest BCUT2D eigenvalue weighted by Crippen LogP contribution is -2.36. The van der Waals surface area contributed by atoms with Crippen molar-refractivity contribution < 1.29 is 8.42 Å². The number of aryl methyl sites for hydroxylation is 1. The summed E-state index contributed by atoms with van der Waals surface area (Å²) in [6.07, 6.45) is 1.39. The molecule has 1 heterocycles. The molecule has 8 heteroatoms. The van der Waals surface area contributed by atoms with Crippen molar-refractivity contribution in [3.05, 3.63) is 11.2 Å². The Hall–Kier alpha value is -1.10. The Morgan fingerprint density at radius 1 is 1.71 bits per heavy atom. The molecular formula is C9H13ClN4O2S. The van der Waals surface area contributed by atoms with Crippen molar-refractivity contribution in [3.8, 4) is 6.07 Å². The molecule has 0 N–H and O–H groups in total. The van der Waals surface area contributed by atoms with Gasteiger partial charge in [-0.25, -0.2) is 8.42 Å². The fourth-order valence-corrected chi connectivity index (χ4v) is 3.28. The Kier molecular flexibility index (Phi) is 4.14.